The molecule has 1 saturated heterocycles. The Labute approximate surface area is 129 Å². The van der Waals surface area contributed by atoms with E-state index >= 15 is 0 Å². The fourth-order valence-electron chi connectivity index (χ4n) is 2.62. The molecular formula is C16H17N5O. The molecule has 0 atom stereocenters. The van der Waals surface area contributed by atoms with Crippen molar-refractivity contribution in [2.75, 3.05) is 18.0 Å². The first kappa shape index (κ1) is 14.4. The molecule has 22 heavy (non-hydrogen) atoms. The molecule has 0 saturated carbocycles. The molecule has 0 radical (unpaired) electrons. The summed E-state index contributed by atoms with van der Waals surface area (Å²) >= 11 is 0. The third-order valence-electron chi connectivity index (χ3n) is 3.98. The number of rotatable bonds is 3. The topological polar surface area (TPSA) is 85.9 Å². The van der Waals surface area contributed by atoms with E-state index in [-0.39, 0.29) is 6.42 Å². The fraction of sp³-hybridized carbons (Fsp3) is 0.375. The van der Waals surface area contributed by atoms with Crippen LogP contribution >= 0.6 is 0 Å². The summed E-state index contributed by atoms with van der Waals surface area (Å²) in [6.07, 6.45) is 3.57. The molecule has 6 nitrogen and oxygen atoms in total. The number of nitriles is 1. The Kier molecular flexibility index (Phi) is 3.51. The highest BCUT2D eigenvalue weighted by atomic mass is 16.3. The molecule has 1 aliphatic rings. The van der Waals surface area contributed by atoms with E-state index in [4.69, 9.17) is 5.26 Å². The van der Waals surface area contributed by atoms with Crippen molar-refractivity contribution in [2.45, 2.75) is 25.9 Å². The van der Waals surface area contributed by atoms with Crippen LogP contribution in [0.1, 0.15) is 17.7 Å². The first-order valence-corrected chi connectivity index (χ1v) is 7.12. The summed E-state index contributed by atoms with van der Waals surface area (Å²) in [5.74, 6) is 1.47. The molecule has 1 aliphatic heterocycles. The molecule has 3 heterocycles. The maximum atomic E-state index is 10.2. The van der Waals surface area contributed by atoms with Crippen LogP contribution in [0.15, 0.2) is 24.5 Å². The average molecular weight is 295 g/mol. The van der Waals surface area contributed by atoms with Gasteiger partial charge in [-0.3, -0.25) is 4.98 Å². The van der Waals surface area contributed by atoms with Gasteiger partial charge in [0.25, 0.3) is 0 Å². The predicted molar refractivity (Wildman–Crippen MR) is 82.1 cm³/mol. The van der Waals surface area contributed by atoms with E-state index < -0.39 is 5.60 Å². The van der Waals surface area contributed by atoms with Crippen molar-refractivity contribution in [2.24, 2.45) is 0 Å². The van der Waals surface area contributed by atoms with E-state index in [1.807, 2.05) is 36.9 Å². The standard InChI is InChI=1S/C16H17N5O/c1-11-12(2)19-14(13-3-7-18-8-4-13)20-15(11)21-9-16(22,10-21)5-6-17/h3-4,7-8,22H,5,9-10H2,1-2H3. The van der Waals surface area contributed by atoms with Crippen molar-refractivity contribution in [3.8, 4) is 17.5 Å². The zero-order chi connectivity index (χ0) is 15.7. The first-order chi connectivity index (χ1) is 10.5. The van der Waals surface area contributed by atoms with Crippen LogP contribution in [-0.4, -0.2) is 38.7 Å². The number of hydrogen-bond acceptors (Lipinski definition) is 6. The van der Waals surface area contributed by atoms with Crippen LogP contribution in [0.5, 0.6) is 0 Å². The molecule has 0 spiro atoms. The molecule has 2 aromatic heterocycles. The molecule has 3 rings (SSSR count). The van der Waals surface area contributed by atoms with Gasteiger partial charge in [0.05, 0.1) is 25.6 Å². The number of aromatic nitrogens is 3. The van der Waals surface area contributed by atoms with Crippen LogP contribution in [0.25, 0.3) is 11.4 Å². The van der Waals surface area contributed by atoms with Gasteiger partial charge in [-0.2, -0.15) is 5.26 Å². The minimum atomic E-state index is -0.920. The summed E-state index contributed by atoms with van der Waals surface area (Å²) in [6.45, 7) is 4.77. The Morgan fingerprint density at radius 2 is 1.95 bits per heavy atom. The van der Waals surface area contributed by atoms with Gasteiger partial charge in [-0.15, -0.1) is 0 Å². The third kappa shape index (κ3) is 2.51. The van der Waals surface area contributed by atoms with Crippen molar-refractivity contribution in [1.82, 2.24) is 15.0 Å². The summed E-state index contributed by atoms with van der Waals surface area (Å²) in [5.41, 5.74) is 1.90. The van der Waals surface area contributed by atoms with E-state index in [2.05, 4.69) is 15.0 Å². The van der Waals surface area contributed by atoms with Crippen LogP contribution in [0, 0.1) is 25.2 Å². The first-order valence-electron chi connectivity index (χ1n) is 7.12. The highest BCUT2D eigenvalue weighted by Gasteiger charge is 2.42. The van der Waals surface area contributed by atoms with Crippen LogP contribution in [-0.2, 0) is 0 Å². The van der Waals surface area contributed by atoms with Crippen LogP contribution in [0.4, 0.5) is 5.82 Å². The van der Waals surface area contributed by atoms with Gasteiger partial charge in [0.1, 0.15) is 11.4 Å². The zero-order valence-corrected chi connectivity index (χ0v) is 12.6. The lowest BCUT2D eigenvalue weighted by Gasteiger charge is -2.46. The van der Waals surface area contributed by atoms with Crippen LogP contribution in [0.2, 0.25) is 0 Å². The second-order valence-corrected chi connectivity index (χ2v) is 5.73. The van der Waals surface area contributed by atoms with Crippen molar-refractivity contribution in [1.29, 1.82) is 5.26 Å². The van der Waals surface area contributed by atoms with Crippen molar-refractivity contribution in [3.63, 3.8) is 0 Å². The van der Waals surface area contributed by atoms with Gasteiger partial charge < -0.3 is 10.0 Å². The second-order valence-electron chi connectivity index (χ2n) is 5.73. The van der Waals surface area contributed by atoms with Gasteiger partial charge in [0.15, 0.2) is 5.82 Å². The largest absolute Gasteiger partial charge is 0.385 e. The molecule has 0 bridgehead atoms. The highest BCUT2D eigenvalue weighted by Crippen LogP contribution is 2.32. The highest BCUT2D eigenvalue weighted by molar-refractivity contribution is 5.61. The number of hydrogen-bond donors (Lipinski definition) is 1. The zero-order valence-electron chi connectivity index (χ0n) is 12.6. The Hall–Kier alpha value is -2.52. The lowest BCUT2D eigenvalue weighted by Crippen LogP contribution is -2.62. The molecule has 1 fully saturated rings. The summed E-state index contributed by atoms with van der Waals surface area (Å²) < 4.78 is 0. The number of β-amino-alcohol motifs (C(OH)–C–C–N with tert-alkyl or cyclic N) is 1. The van der Waals surface area contributed by atoms with E-state index in [0.717, 1.165) is 22.6 Å². The van der Waals surface area contributed by atoms with Gasteiger partial charge >= 0.3 is 0 Å². The molecular weight excluding hydrogens is 278 g/mol. The molecule has 0 unspecified atom stereocenters. The number of pyridine rings is 1. The van der Waals surface area contributed by atoms with Crippen LogP contribution < -0.4 is 4.90 Å². The molecule has 1 N–H and O–H groups in total. The van der Waals surface area contributed by atoms with Gasteiger partial charge in [0.2, 0.25) is 0 Å². The SMILES string of the molecule is Cc1nc(-c2ccncc2)nc(N2CC(O)(CC#N)C2)c1C. The Morgan fingerprint density at radius 1 is 1.27 bits per heavy atom. The molecule has 0 aliphatic carbocycles. The van der Waals surface area contributed by atoms with Crippen molar-refractivity contribution < 1.29 is 5.11 Å². The normalized spacial score (nSPS) is 16.0. The van der Waals surface area contributed by atoms with Crippen molar-refractivity contribution in [3.05, 3.63) is 35.8 Å². The van der Waals surface area contributed by atoms with Crippen molar-refractivity contribution >= 4 is 5.82 Å². The smallest absolute Gasteiger partial charge is 0.161 e. The fourth-order valence-corrected chi connectivity index (χ4v) is 2.62. The summed E-state index contributed by atoms with van der Waals surface area (Å²) in [7, 11) is 0. The summed E-state index contributed by atoms with van der Waals surface area (Å²) in [4.78, 5) is 15.2. The second kappa shape index (κ2) is 5.35. The minimum absolute atomic E-state index is 0.143. The van der Waals surface area contributed by atoms with Gasteiger partial charge in [-0.25, -0.2) is 9.97 Å². The Morgan fingerprint density at radius 3 is 2.59 bits per heavy atom. The van der Waals surface area contributed by atoms with E-state index in [1.54, 1.807) is 12.4 Å². The van der Waals surface area contributed by atoms with Gasteiger partial charge in [-0.1, -0.05) is 0 Å². The Bertz CT molecular complexity index is 732. The third-order valence-corrected chi connectivity index (χ3v) is 3.98. The molecule has 112 valence electrons. The van der Waals surface area contributed by atoms with E-state index in [1.165, 1.54) is 0 Å². The monoisotopic (exact) mass is 295 g/mol. The molecule has 2 aromatic rings. The molecule has 0 aromatic carbocycles. The minimum Gasteiger partial charge on any atom is -0.385 e. The molecule has 6 heteroatoms. The Balaban J connectivity index is 1.93. The number of aliphatic hydroxyl groups is 1. The van der Waals surface area contributed by atoms with Gasteiger partial charge in [0, 0.05) is 29.2 Å². The lowest BCUT2D eigenvalue weighted by molar-refractivity contribution is 0.0161. The maximum Gasteiger partial charge on any atom is 0.161 e. The van der Waals surface area contributed by atoms with E-state index in [9.17, 15) is 5.11 Å². The predicted octanol–water partition coefficient (Wildman–Crippen LogP) is 1.62. The summed E-state index contributed by atoms with van der Waals surface area (Å²) in [6, 6.07) is 5.77. The quantitative estimate of drug-likeness (QED) is 0.926. The number of nitrogens with zero attached hydrogens (tertiary/aromatic N) is 5. The number of aryl methyl sites for hydroxylation is 1. The van der Waals surface area contributed by atoms with Crippen LogP contribution in [0.3, 0.4) is 0 Å². The lowest BCUT2D eigenvalue weighted by atomic mass is 9.90. The maximum absolute atomic E-state index is 10.2. The average Bonchev–Trinajstić information content (AvgIpc) is 2.48. The number of anilines is 1. The van der Waals surface area contributed by atoms with Gasteiger partial charge in [-0.05, 0) is 26.0 Å². The molecule has 0 amide bonds. The summed E-state index contributed by atoms with van der Waals surface area (Å²) in [5, 5.41) is 18.9. The van der Waals surface area contributed by atoms with E-state index in [0.29, 0.717) is 18.9 Å².